The zero-order chi connectivity index (χ0) is 40.4. The molecule has 56 heavy (non-hydrogen) atoms. The maximum atomic E-state index is 13.6. The van der Waals surface area contributed by atoms with Gasteiger partial charge in [-0.25, -0.2) is 0 Å². The number of hydrogen-bond acceptors (Lipinski definition) is 12. The molecule has 0 saturated carbocycles. The third-order valence-corrected chi connectivity index (χ3v) is 11.9. The third kappa shape index (κ3) is 5.25. The normalized spacial score (nSPS) is 17.5. The summed E-state index contributed by atoms with van der Waals surface area (Å²) in [6.45, 7) is 3.91. The number of carbonyl (C=O) groups is 4. The van der Waals surface area contributed by atoms with Crippen LogP contribution in [0.4, 0.5) is 0 Å². The summed E-state index contributed by atoms with van der Waals surface area (Å²) in [5, 5.41) is 6.08. The van der Waals surface area contributed by atoms with Crippen molar-refractivity contribution in [1.82, 2.24) is 0 Å². The Balaban J connectivity index is 1.88. The number of ether oxygens (including phenoxy) is 8. The SMILES string of the molecule is COC(=O)C1(C(=O)OC)Cc2c(C)cc3/c(c2C1)=c1/cc(OC)c(OC)c/c1=c1\cc(C)c2c(\c1=c1/cc(OC)c(OC)c/c1=3)CC(C(=O)OC)(C(=O)OC)C2. The van der Waals surface area contributed by atoms with Crippen molar-refractivity contribution in [2.24, 2.45) is 10.8 Å². The van der Waals surface area contributed by atoms with Crippen LogP contribution in [0.5, 0.6) is 23.0 Å². The topological polar surface area (TPSA) is 142 Å². The Morgan fingerprint density at radius 1 is 0.393 bits per heavy atom. The second-order valence-corrected chi connectivity index (χ2v) is 14.5. The predicted molar refractivity (Wildman–Crippen MR) is 200 cm³/mol. The number of rotatable bonds is 8. The highest BCUT2D eigenvalue weighted by atomic mass is 16.6. The fourth-order valence-electron chi connectivity index (χ4n) is 9.25. The number of aryl methyl sites for hydroxylation is 2. The second-order valence-electron chi connectivity index (χ2n) is 14.5. The van der Waals surface area contributed by atoms with Crippen LogP contribution < -0.4 is 18.9 Å². The zero-order valence-corrected chi connectivity index (χ0v) is 33.2. The molecule has 0 saturated heterocycles. The maximum absolute atomic E-state index is 13.6. The standard InChI is InChI=1S/C44H44O12/c1-21-11-25-23-13-33(49-3)35(51-5)15-27(23)38-26(12-22(2)30-18-44(20-32(30)38,41(47)55-9)42(48)56-10)24-14-34(50-4)36(52-6)16-28(24)37(25)31-19-43(17-29(21)31,39(45)53-7)40(46)54-8/h11-16H,17-20H2,1-10H3/b25-23-,26-24-,37-28+,38-27+. The molecule has 0 heterocycles. The maximum Gasteiger partial charge on any atom is 0.323 e. The molecule has 3 aliphatic carbocycles. The molecule has 12 nitrogen and oxygen atoms in total. The molecule has 7 rings (SSSR count). The van der Waals surface area contributed by atoms with Gasteiger partial charge in [0.1, 0.15) is 0 Å². The molecule has 0 aromatic heterocycles. The lowest BCUT2D eigenvalue weighted by atomic mass is 9.84. The zero-order valence-electron chi connectivity index (χ0n) is 33.2. The lowest BCUT2D eigenvalue weighted by molar-refractivity contribution is -0.170. The van der Waals surface area contributed by atoms with Gasteiger partial charge in [0.15, 0.2) is 33.8 Å². The number of esters is 4. The monoisotopic (exact) mass is 764 g/mol. The van der Waals surface area contributed by atoms with Gasteiger partial charge >= 0.3 is 23.9 Å². The van der Waals surface area contributed by atoms with E-state index in [1.165, 1.54) is 28.4 Å². The summed E-state index contributed by atoms with van der Waals surface area (Å²) in [4.78, 5) is 54.5. The molecule has 0 unspecified atom stereocenters. The van der Waals surface area contributed by atoms with Crippen molar-refractivity contribution in [3.63, 3.8) is 0 Å². The minimum Gasteiger partial charge on any atom is -0.493 e. The molecule has 0 radical (unpaired) electrons. The van der Waals surface area contributed by atoms with E-state index in [0.717, 1.165) is 75.1 Å². The van der Waals surface area contributed by atoms with E-state index in [2.05, 4.69) is 12.1 Å². The van der Waals surface area contributed by atoms with E-state index in [9.17, 15) is 19.2 Å². The first-order valence-electron chi connectivity index (χ1n) is 18.0. The van der Waals surface area contributed by atoms with Gasteiger partial charge in [-0.1, -0.05) is 12.1 Å². The molecule has 0 aliphatic heterocycles. The number of methoxy groups -OCH3 is 8. The molecule has 0 N–H and O–H groups in total. The molecule has 0 spiro atoms. The van der Waals surface area contributed by atoms with Crippen molar-refractivity contribution in [3.8, 4) is 23.0 Å². The van der Waals surface area contributed by atoms with Crippen molar-refractivity contribution in [2.45, 2.75) is 39.5 Å². The quantitative estimate of drug-likeness (QED) is 0.123. The average Bonchev–Trinajstić information content (AvgIpc) is 3.84. The van der Waals surface area contributed by atoms with Gasteiger partial charge < -0.3 is 37.9 Å². The Bertz CT molecular complexity index is 2580. The van der Waals surface area contributed by atoms with Crippen molar-refractivity contribution in [1.29, 1.82) is 0 Å². The van der Waals surface area contributed by atoms with Crippen LogP contribution in [0.2, 0.25) is 0 Å². The average molecular weight is 765 g/mol. The number of hydrogen-bond donors (Lipinski definition) is 0. The highest BCUT2D eigenvalue weighted by molar-refractivity contribution is 6.02. The summed E-state index contributed by atoms with van der Waals surface area (Å²) in [5.74, 6) is -0.897. The number of carbonyl (C=O) groups excluding carboxylic acids is 4. The second kappa shape index (κ2) is 13.9. The van der Waals surface area contributed by atoms with Crippen molar-refractivity contribution in [3.05, 3.63) is 112 Å². The van der Waals surface area contributed by atoms with Crippen molar-refractivity contribution in [2.75, 3.05) is 56.9 Å². The Morgan fingerprint density at radius 2 is 0.661 bits per heavy atom. The summed E-state index contributed by atoms with van der Waals surface area (Å²) in [5.41, 5.74) is 1.67. The Kier molecular flexibility index (Phi) is 9.50. The van der Waals surface area contributed by atoms with Gasteiger partial charge in [0.05, 0.1) is 56.9 Å². The first-order valence-corrected chi connectivity index (χ1v) is 18.0. The molecule has 0 fully saturated rings. The summed E-state index contributed by atoms with van der Waals surface area (Å²) in [7, 11) is 11.3. The van der Waals surface area contributed by atoms with E-state index >= 15 is 0 Å². The lowest BCUT2D eigenvalue weighted by Gasteiger charge is -2.22. The smallest absolute Gasteiger partial charge is 0.323 e. The summed E-state index contributed by atoms with van der Waals surface area (Å²) in [6, 6.07) is 11.7. The molecule has 4 aromatic rings. The van der Waals surface area contributed by atoms with Gasteiger partial charge in [-0.2, -0.15) is 0 Å². The van der Waals surface area contributed by atoms with Gasteiger partial charge in [-0.15, -0.1) is 0 Å². The van der Waals surface area contributed by atoms with E-state index in [-0.39, 0.29) is 25.7 Å². The Hall–Kier alpha value is -6.04. The first-order chi connectivity index (χ1) is 26.8. The summed E-state index contributed by atoms with van der Waals surface area (Å²) < 4.78 is 44.6. The van der Waals surface area contributed by atoms with Gasteiger partial charge in [-0.3, -0.25) is 19.2 Å². The molecule has 12 heteroatoms. The van der Waals surface area contributed by atoms with Gasteiger partial charge in [0, 0.05) is 25.7 Å². The first kappa shape index (κ1) is 38.2. The molecular formula is C44H44O12. The highest BCUT2D eigenvalue weighted by Crippen LogP contribution is 2.45. The van der Waals surface area contributed by atoms with E-state index in [0.29, 0.717) is 23.0 Å². The van der Waals surface area contributed by atoms with Crippen LogP contribution in [0.3, 0.4) is 0 Å². The van der Waals surface area contributed by atoms with Crippen LogP contribution in [0.1, 0.15) is 33.4 Å². The molecular weight excluding hydrogens is 720 g/mol. The fourth-order valence-corrected chi connectivity index (χ4v) is 9.25. The van der Waals surface area contributed by atoms with Crippen LogP contribution in [-0.2, 0) is 63.8 Å². The Morgan fingerprint density at radius 3 is 0.929 bits per heavy atom. The Labute approximate surface area is 322 Å². The molecule has 0 bridgehead atoms. The third-order valence-electron chi connectivity index (χ3n) is 11.9. The highest BCUT2D eigenvalue weighted by Gasteiger charge is 2.54. The van der Waals surface area contributed by atoms with Crippen LogP contribution in [0.15, 0.2) is 36.4 Å². The van der Waals surface area contributed by atoms with E-state index in [4.69, 9.17) is 37.9 Å². The summed E-state index contributed by atoms with van der Waals surface area (Å²) >= 11 is 0. The van der Waals surface area contributed by atoms with Gasteiger partial charge in [0.25, 0.3) is 0 Å². The molecule has 3 aliphatic rings. The number of fused-ring (bicyclic) bond motifs is 8. The lowest BCUT2D eigenvalue weighted by Crippen LogP contribution is -2.42. The van der Waals surface area contributed by atoms with E-state index in [1.54, 1.807) is 28.4 Å². The summed E-state index contributed by atoms with van der Waals surface area (Å²) in [6.07, 6.45) is 0.182. The molecule has 4 aromatic carbocycles. The van der Waals surface area contributed by atoms with Gasteiger partial charge in [0.2, 0.25) is 0 Å². The van der Waals surface area contributed by atoms with Crippen LogP contribution >= 0.6 is 0 Å². The predicted octanol–water partition coefficient (Wildman–Crippen LogP) is 4.66. The van der Waals surface area contributed by atoms with E-state index < -0.39 is 34.7 Å². The molecule has 0 atom stereocenters. The largest absolute Gasteiger partial charge is 0.493 e. The number of benzene rings is 4. The van der Waals surface area contributed by atoms with Crippen LogP contribution in [0.25, 0.3) is 0 Å². The van der Waals surface area contributed by atoms with E-state index in [1.807, 2.05) is 38.1 Å². The van der Waals surface area contributed by atoms with Crippen LogP contribution in [0, 0.1) is 66.4 Å². The van der Waals surface area contributed by atoms with Crippen molar-refractivity contribution >= 4 is 23.9 Å². The fraction of sp³-hybridized carbons (Fsp3) is 0.364. The molecule has 0 amide bonds. The minimum atomic E-state index is -1.62. The minimum absolute atomic E-state index is 0.0128. The van der Waals surface area contributed by atoms with Gasteiger partial charge in [-0.05, 0) is 113 Å². The van der Waals surface area contributed by atoms with Crippen LogP contribution in [-0.4, -0.2) is 80.8 Å². The van der Waals surface area contributed by atoms with Crippen molar-refractivity contribution < 1.29 is 57.1 Å². The molecule has 292 valence electrons.